The first kappa shape index (κ1) is 19.6. The van der Waals surface area contributed by atoms with Crippen molar-refractivity contribution < 1.29 is 27.5 Å². The number of amides is 1. The molecule has 28 heavy (non-hydrogen) atoms. The number of anilines is 1. The van der Waals surface area contributed by atoms with Gasteiger partial charge in [0.15, 0.2) is 11.5 Å². The van der Waals surface area contributed by atoms with Crippen LogP contribution in [0.5, 0.6) is 11.5 Å². The van der Waals surface area contributed by atoms with E-state index in [2.05, 4.69) is 15.5 Å². The monoisotopic (exact) mass is 407 g/mol. The molecule has 0 aliphatic carbocycles. The summed E-state index contributed by atoms with van der Waals surface area (Å²) in [5, 5.41) is 10.2. The van der Waals surface area contributed by atoms with Crippen LogP contribution in [0.1, 0.15) is 0 Å². The van der Waals surface area contributed by atoms with Crippen molar-refractivity contribution in [3.63, 3.8) is 0 Å². The number of ether oxygens (including phenoxy) is 2. The number of nitrogens with zero attached hydrogens (tertiary/aromatic N) is 2. The molecule has 3 aromatic rings. The predicted molar refractivity (Wildman–Crippen MR) is 98.5 cm³/mol. The van der Waals surface area contributed by atoms with Gasteiger partial charge in [-0.3, -0.25) is 4.79 Å². The average molecular weight is 407 g/mol. The summed E-state index contributed by atoms with van der Waals surface area (Å²) >= 11 is 0.966. The zero-order chi connectivity index (χ0) is 20.1. The molecule has 1 aromatic heterocycles. The number of methoxy groups -OCH3 is 2. The number of carbonyl (C=O) groups is 1. The van der Waals surface area contributed by atoms with Gasteiger partial charge in [0.1, 0.15) is 11.6 Å². The number of hydrogen-bond acceptors (Lipinski definition) is 7. The first-order chi connectivity index (χ1) is 13.5. The first-order valence-corrected chi connectivity index (χ1v) is 8.92. The Labute approximate surface area is 163 Å². The Bertz CT molecular complexity index is 997. The van der Waals surface area contributed by atoms with E-state index in [4.69, 9.17) is 13.9 Å². The van der Waals surface area contributed by atoms with Gasteiger partial charge >= 0.3 is 0 Å². The molecule has 0 aliphatic rings. The van der Waals surface area contributed by atoms with Gasteiger partial charge in [-0.25, -0.2) is 8.78 Å². The molecule has 0 unspecified atom stereocenters. The van der Waals surface area contributed by atoms with Crippen molar-refractivity contribution in [1.29, 1.82) is 0 Å². The lowest BCUT2D eigenvalue weighted by molar-refractivity contribution is -0.113. The van der Waals surface area contributed by atoms with Crippen molar-refractivity contribution in [1.82, 2.24) is 10.2 Å². The standard InChI is InChI=1S/C18H15F2N3O4S/c1-25-14-6-3-10(7-15(14)26-2)17-22-23-18(27-17)28-9-16(24)21-13-8-11(19)4-5-12(13)20/h3-8H,9H2,1-2H3,(H,21,24). The van der Waals surface area contributed by atoms with E-state index < -0.39 is 17.5 Å². The molecular weight excluding hydrogens is 392 g/mol. The maximum absolute atomic E-state index is 13.6. The second-order valence-electron chi connectivity index (χ2n) is 5.40. The van der Waals surface area contributed by atoms with Crippen molar-refractivity contribution in [2.75, 3.05) is 25.3 Å². The highest BCUT2D eigenvalue weighted by Gasteiger charge is 2.14. The third-order valence-electron chi connectivity index (χ3n) is 3.57. The molecule has 1 heterocycles. The summed E-state index contributed by atoms with van der Waals surface area (Å²) in [5.41, 5.74) is 0.380. The number of carbonyl (C=O) groups excluding carboxylic acids is 1. The molecule has 2 aromatic carbocycles. The number of halogens is 2. The SMILES string of the molecule is COc1ccc(-c2nnc(SCC(=O)Nc3cc(F)ccc3F)o2)cc1OC. The summed E-state index contributed by atoms with van der Waals surface area (Å²) < 4.78 is 42.6. The largest absolute Gasteiger partial charge is 0.493 e. The van der Waals surface area contributed by atoms with E-state index in [1.807, 2.05) is 0 Å². The Morgan fingerprint density at radius 2 is 1.89 bits per heavy atom. The molecule has 0 saturated heterocycles. The molecule has 1 N–H and O–H groups in total. The number of benzene rings is 2. The van der Waals surface area contributed by atoms with E-state index in [-0.39, 0.29) is 22.6 Å². The zero-order valence-corrected chi connectivity index (χ0v) is 15.7. The van der Waals surface area contributed by atoms with Gasteiger partial charge in [-0.15, -0.1) is 10.2 Å². The fourth-order valence-corrected chi connectivity index (χ4v) is 2.82. The fraction of sp³-hybridized carbons (Fsp3) is 0.167. The predicted octanol–water partition coefficient (Wildman–Crippen LogP) is 3.76. The molecular formula is C18H15F2N3O4S. The fourth-order valence-electron chi connectivity index (χ4n) is 2.26. The van der Waals surface area contributed by atoms with Gasteiger partial charge in [0, 0.05) is 11.6 Å². The summed E-state index contributed by atoms with van der Waals surface area (Å²) in [6.07, 6.45) is 0. The Kier molecular flexibility index (Phi) is 6.09. The highest BCUT2D eigenvalue weighted by Crippen LogP contribution is 2.32. The van der Waals surface area contributed by atoms with Gasteiger partial charge < -0.3 is 19.2 Å². The van der Waals surface area contributed by atoms with E-state index in [1.54, 1.807) is 18.2 Å². The van der Waals surface area contributed by atoms with Crippen LogP contribution >= 0.6 is 11.8 Å². The Balaban J connectivity index is 1.63. The normalized spacial score (nSPS) is 10.6. The molecule has 146 valence electrons. The minimum atomic E-state index is -0.728. The summed E-state index contributed by atoms with van der Waals surface area (Å²) in [6, 6.07) is 7.91. The third-order valence-corrected chi connectivity index (χ3v) is 4.38. The molecule has 10 heteroatoms. The molecule has 0 spiro atoms. The molecule has 0 bridgehead atoms. The van der Waals surface area contributed by atoms with Crippen LogP contribution in [0.25, 0.3) is 11.5 Å². The molecule has 0 atom stereocenters. The van der Waals surface area contributed by atoms with E-state index in [1.165, 1.54) is 14.2 Å². The zero-order valence-electron chi connectivity index (χ0n) is 14.9. The lowest BCUT2D eigenvalue weighted by atomic mass is 10.2. The van der Waals surface area contributed by atoms with Crippen molar-refractivity contribution in [3.8, 4) is 23.0 Å². The Morgan fingerprint density at radius 1 is 1.11 bits per heavy atom. The summed E-state index contributed by atoms with van der Waals surface area (Å²) in [4.78, 5) is 11.9. The number of nitrogens with one attached hydrogen (secondary N) is 1. The van der Waals surface area contributed by atoms with Gasteiger partial charge in [0.2, 0.25) is 11.8 Å². The highest BCUT2D eigenvalue weighted by molar-refractivity contribution is 7.99. The Morgan fingerprint density at radius 3 is 2.64 bits per heavy atom. The Hall–Kier alpha value is -3.14. The molecule has 0 radical (unpaired) electrons. The van der Waals surface area contributed by atoms with E-state index in [0.717, 1.165) is 30.0 Å². The van der Waals surface area contributed by atoms with Crippen LogP contribution in [0.2, 0.25) is 0 Å². The average Bonchev–Trinajstić information content (AvgIpc) is 3.17. The minimum Gasteiger partial charge on any atom is -0.493 e. The van der Waals surface area contributed by atoms with Crippen LogP contribution in [0.4, 0.5) is 14.5 Å². The number of rotatable bonds is 7. The summed E-state index contributed by atoms with van der Waals surface area (Å²) in [7, 11) is 3.04. The highest BCUT2D eigenvalue weighted by atomic mass is 32.2. The van der Waals surface area contributed by atoms with Gasteiger partial charge in [-0.1, -0.05) is 11.8 Å². The van der Waals surface area contributed by atoms with E-state index >= 15 is 0 Å². The third kappa shape index (κ3) is 4.58. The van der Waals surface area contributed by atoms with Crippen molar-refractivity contribution >= 4 is 23.4 Å². The topological polar surface area (TPSA) is 86.5 Å². The second-order valence-corrected chi connectivity index (χ2v) is 6.33. The van der Waals surface area contributed by atoms with Crippen LogP contribution in [-0.2, 0) is 4.79 Å². The van der Waals surface area contributed by atoms with E-state index in [9.17, 15) is 13.6 Å². The van der Waals surface area contributed by atoms with Crippen LogP contribution < -0.4 is 14.8 Å². The molecule has 0 fully saturated rings. The summed E-state index contributed by atoms with van der Waals surface area (Å²) in [6.45, 7) is 0. The minimum absolute atomic E-state index is 0.122. The molecule has 7 nitrogen and oxygen atoms in total. The summed E-state index contributed by atoms with van der Waals surface area (Å²) in [5.74, 6) is -0.746. The molecule has 1 amide bonds. The van der Waals surface area contributed by atoms with Gasteiger partial charge in [0.25, 0.3) is 5.22 Å². The van der Waals surface area contributed by atoms with Crippen molar-refractivity contribution in [3.05, 3.63) is 48.0 Å². The van der Waals surface area contributed by atoms with Crippen LogP contribution in [0, 0.1) is 11.6 Å². The van der Waals surface area contributed by atoms with Crippen molar-refractivity contribution in [2.45, 2.75) is 5.22 Å². The number of thioether (sulfide) groups is 1. The molecule has 0 saturated carbocycles. The lowest BCUT2D eigenvalue weighted by Gasteiger charge is -2.07. The van der Waals surface area contributed by atoms with Gasteiger partial charge in [-0.05, 0) is 30.3 Å². The number of hydrogen-bond donors (Lipinski definition) is 1. The van der Waals surface area contributed by atoms with Crippen LogP contribution in [0.3, 0.4) is 0 Å². The lowest BCUT2D eigenvalue weighted by Crippen LogP contribution is -2.15. The first-order valence-electron chi connectivity index (χ1n) is 7.93. The smallest absolute Gasteiger partial charge is 0.277 e. The maximum Gasteiger partial charge on any atom is 0.277 e. The van der Waals surface area contributed by atoms with Crippen molar-refractivity contribution in [2.24, 2.45) is 0 Å². The number of aromatic nitrogens is 2. The van der Waals surface area contributed by atoms with Crippen LogP contribution in [0.15, 0.2) is 46.0 Å². The molecule has 0 aliphatic heterocycles. The van der Waals surface area contributed by atoms with Crippen LogP contribution in [-0.4, -0.2) is 36.1 Å². The second kappa shape index (κ2) is 8.70. The van der Waals surface area contributed by atoms with Gasteiger partial charge in [-0.2, -0.15) is 0 Å². The quantitative estimate of drug-likeness (QED) is 0.597. The van der Waals surface area contributed by atoms with E-state index in [0.29, 0.717) is 17.1 Å². The van der Waals surface area contributed by atoms with Gasteiger partial charge in [0.05, 0.1) is 25.7 Å². The maximum atomic E-state index is 13.6. The molecule has 3 rings (SSSR count).